The summed E-state index contributed by atoms with van der Waals surface area (Å²) in [6.45, 7) is 0. The third-order valence-electron chi connectivity index (χ3n) is 2.38. The minimum absolute atomic E-state index is 0.115. The molecule has 2 aromatic carbocycles. The third kappa shape index (κ3) is 3.91. The molecule has 100 valence electrons. The number of benzene rings is 2. The van der Waals surface area contributed by atoms with Gasteiger partial charge in [-0.25, -0.2) is 5.41 Å². The highest BCUT2D eigenvalue weighted by atomic mass is 32.1. The lowest BCUT2D eigenvalue weighted by atomic mass is 10.0. The van der Waals surface area contributed by atoms with Gasteiger partial charge in [0.05, 0.1) is 10.1 Å². The molecule has 2 aromatic rings. The zero-order valence-corrected chi connectivity index (χ0v) is 11.1. The highest BCUT2D eigenvalue weighted by molar-refractivity contribution is 7.78. The SMILES string of the molecule is N=C=S.O=C(c1ccccc1)c1ccccc1[N+](=O)[O-]. The van der Waals surface area contributed by atoms with Crippen molar-refractivity contribution in [3.63, 3.8) is 0 Å². The molecule has 20 heavy (non-hydrogen) atoms. The van der Waals surface area contributed by atoms with Crippen LogP contribution in [-0.2, 0) is 0 Å². The molecule has 2 rings (SSSR count). The second-order valence-corrected chi connectivity index (χ2v) is 3.78. The van der Waals surface area contributed by atoms with Crippen molar-refractivity contribution in [2.75, 3.05) is 0 Å². The first-order valence-corrected chi connectivity index (χ1v) is 5.89. The van der Waals surface area contributed by atoms with E-state index < -0.39 is 4.92 Å². The quantitative estimate of drug-likeness (QED) is 0.308. The van der Waals surface area contributed by atoms with Crippen LogP contribution in [0.1, 0.15) is 15.9 Å². The Morgan fingerprint density at radius 3 is 2.15 bits per heavy atom. The number of rotatable bonds is 3. The van der Waals surface area contributed by atoms with E-state index in [4.69, 9.17) is 5.41 Å². The van der Waals surface area contributed by atoms with Crippen LogP contribution in [0.15, 0.2) is 54.6 Å². The topological polar surface area (TPSA) is 84.1 Å². The first-order chi connectivity index (χ1) is 9.61. The zero-order chi connectivity index (χ0) is 15.0. The highest BCUT2D eigenvalue weighted by Crippen LogP contribution is 2.20. The smallest absolute Gasteiger partial charge is 0.280 e. The fourth-order valence-corrected chi connectivity index (χ4v) is 1.57. The van der Waals surface area contributed by atoms with Gasteiger partial charge >= 0.3 is 0 Å². The van der Waals surface area contributed by atoms with E-state index in [9.17, 15) is 14.9 Å². The fourth-order valence-electron chi connectivity index (χ4n) is 1.57. The summed E-state index contributed by atoms with van der Waals surface area (Å²) in [7, 11) is 0. The molecule has 0 fully saturated rings. The number of hydrogen-bond donors (Lipinski definition) is 1. The molecular weight excluding hydrogens is 276 g/mol. The molecule has 0 saturated carbocycles. The van der Waals surface area contributed by atoms with Crippen LogP contribution in [0.4, 0.5) is 5.69 Å². The first kappa shape index (κ1) is 15.4. The molecule has 0 bridgehead atoms. The van der Waals surface area contributed by atoms with Crippen LogP contribution in [0.2, 0.25) is 0 Å². The second kappa shape index (κ2) is 7.68. The summed E-state index contributed by atoms with van der Waals surface area (Å²) in [5.74, 6) is -0.335. The predicted molar refractivity (Wildman–Crippen MR) is 78.3 cm³/mol. The summed E-state index contributed by atoms with van der Waals surface area (Å²) < 4.78 is 0. The van der Waals surface area contributed by atoms with Crippen molar-refractivity contribution in [3.8, 4) is 0 Å². The van der Waals surface area contributed by atoms with E-state index in [0.717, 1.165) is 0 Å². The van der Waals surface area contributed by atoms with E-state index in [2.05, 4.69) is 12.2 Å². The van der Waals surface area contributed by atoms with Gasteiger partial charge < -0.3 is 0 Å². The van der Waals surface area contributed by atoms with Crippen molar-refractivity contribution in [2.45, 2.75) is 0 Å². The standard InChI is InChI=1S/C13H9NO3.CHNS/c15-13(10-6-2-1-3-7-10)11-8-4-5-9-12(11)14(16)17;2-1-3/h1-9H;2H. The molecule has 0 aliphatic carbocycles. The normalized spacial score (nSPS) is 8.80. The molecule has 0 spiro atoms. The molecule has 0 atom stereocenters. The molecule has 0 heterocycles. The Morgan fingerprint density at radius 2 is 1.60 bits per heavy atom. The monoisotopic (exact) mass is 286 g/mol. The van der Waals surface area contributed by atoms with Crippen LogP contribution >= 0.6 is 12.2 Å². The minimum Gasteiger partial charge on any atom is -0.288 e. The second-order valence-electron chi connectivity index (χ2n) is 3.57. The van der Waals surface area contributed by atoms with Gasteiger partial charge in [0.15, 0.2) is 5.78 Å². The Bertz CT molecular complexity index is 650. The molecule has 0 aromatic heterocycles. The van der Waals surface area contributed by atoms with E-state index >= 15 is 0 Å². The Morgan fingerprint density at radius 1 is 1.10 bits per heavy atom. The van der Waals surface area contributed by atoms with Gasteiger partial charge in [-0.3, -0.25) is 14.9 Å². The van der Waals surface area contributed by atoms with Crippen molar-refractivity contribution >= 4 is 28.8 Å². The van der Waals surface area contributed by atoms with Gasteiger partial charge in [0.2, 0.25) is 0 Å². The molecule has 0 unspecified atom stereocenters. The van der Waals surface area contributed by atoms with Crippen LogP contribution in [0.3, 0.4) is 0 Å². The fraction of sp³-hybridized carbons (Fsp3) is 0. The maximum absolute atomic E-state index is 12.1. The van der Waals surface area contributed by atoms with Crippen LogP contribution in [-0.4, -0.2) is 15.9 Å². The summed E-state index contributed by atoms with van der Waals surface area (Å²) in [6.07, 6.45) is 0. The molecule has 5 nitrogen and oxygen atoms in total. The predicted octanol–water partition coefficient (Wildman–Crippen LogP) is 3.49. The van der Waals surface area contributed by atoms with E-state index in [1.54, 1.807) is 47.6 Å². The van der Waals surface area contributed by atoms with Gasteiger partial charge in [0.25, 0.3) is 5.69 Å². The molecule has 0 aliphatic heterocycles. The van der Waals surface area contributed by atoms with Crippen LogP contribution in [0, 0.1) is 15.5 Å². The molecule has 6 heteroatoms. The molecular formula is C14H10N2O3S. The number of isothiocyanates is 1. The summed E-state index contributed by atoms with van der Waals surface area (Å²) in [5.41, 5.74) is 0.395. The van der Waals surface area contributed by atoms with Crippen molar-refractivity contribution in [2.24, 2.45) is 0 Å². The van der Waals surface area contributed by atoms with E-state index in [-0.39, 0.29) is 17.0 Å². The molecule has 0 saturated heterocycles. The average molecular weight is 286 g/mol. The number of thiocarbonyl (C=S) groups is 1. The zero-order valence-electron chi connectivity index (χ0n) is 10.3. The Hall–Kier alpha value is -2.69. The lowest BCUT2D eigenvalue weighted by Gasteiger charge is -2.01. The van der Waals surface area contributed by atoms with Crippen molar-refractivity contribution in [1.29, 1.82) is 5.41 Å². The lowest BCUT2D eigenvalue weighted by molar-refractivity contribution is -0.385. The molecule has 0 amide bonds. The van der Waals surface area contributed by atoms with Gasteiger partial charge in [-0.2, -0.15) is 0 Å². The highest BCUT2D eigenvalue weighted by Gasteiger charge is 2.19. The number of nitro groups is 1. The summed E-state index contributed by atoms with van der Waals surface area (Å²) in [4.78, 5) is 22.3. The van der Waals surface area contributed by atoms with Gasteiger partial charge in [-0.05, 0) is 18.3 Å². The van der Waals surface area contributed by atoms with Gasteiger partial charge in [0.1, 0.15) is 5.56 Å². The van der Waals surface area contributed by atoms with E-state index in [0.29, 0.717) is 5.56 Å². The maximum Gasteiger partial charge on any atom is 0.280 e. The number of nitrogens with one attached hydrogen (secondary N) is 1. The molecule has 0 radical (unpaired) electrons. The number of ketones is 1. The van der Waals surface area contributed by atoms with Gasteiger partial charge in [-0.1, -0.05) is 42.5 Å². The Labute approximate surface area is 120 Å². The van der Waals surface area contributed by atoms with E-state index in [1.807, 2.05) is 0 Å². The molecule has 1 N–H and O–H groups in total. The Balaban J connectivity index is 0.000000612. The third-order valence-corrected chi connectivity index (χ3v) is 2.38. The first-order valence-electron chi connectivity index (χ1n) is 5.49. The van der Waals surface area contributed by atoms with Crippen molar-refractivity contribution < 1.29 is 9.72 Å². The number of nitro benzene ring substituents is 1. The molecule has 0 aliphatic rings. The number of para-hydroxylation sites is 1. The van der Waals surface area contributed by atoms with Crippen molar-refractivity contribution in [1.82, 2.24) is 0 Å². The lowest BCUT2D eigenvalue weighted by Crippen LogP contribution is -2.04. The minimum atomic E-state index is -0.545. The van der Waals surface area contributed by atoms with Gasteiger partial charge in [0, 0.05) is 11.6 Å². The summed E-state index contributed by atoms with van der Waals surface area (Å²) >= 11 is 3.81. The van der Waals surface area contributed by atoms with Crippen LogP contribution < -0.4 is 0 Å². The van der Waals surface area contributed by atoms with E-state index in [1.165, 1.54) is 12.1 Å². The average Bonchev–Trinajstić information content (AvgIpc) is 2.48. The Kier molecular flexibility index (Phi) is 5.90. The maximum atomic E-state index is 12.1. The summed E-state index contributed by atoms with van der Waals surface area (Å²) in [6, 6.07) is 14.5. The summed E-state index contributed by atoms with van der Waals surface area (Å²) in [5, 5.41) is 18.2. The number of carbonyl (C=O) groups excluding carboxylic acids is 1. The number of carbonyl (C=O) groups is 1. The van der Waals surface area contributed by atoms with Crippen LogP contribution in [0.5, 0.6) is 0 Å². The van der Waals surface area contributed by atoms with Crippen LogP contribution in [0.25, 0.3) is 0 Å². The number of hydrogen-bond acceptors (Lipinski definition) is 5. The largest absolute Gasteiger partial charge is 0.288 e. The van der Waals surface area contributed by atoms with Gasteiger partial charge in [-0.15, -0.1) is 0 Å². The number of nitrogens with zero attached hydrogens (tertiary/aromatic N) is 1. The van der Waals surface area contributed by atoms with Crippen molar-refractivity contribution in [3.05, 3.63) is 75.8 Å².